The Kier molecular flexibility index (Phi) is 4.73. The summed E-state index contributed by atoms with van der Waals surface area (Å²) in [5.41, 5.74) is 0.556. The van der Waals surface area contributed by atoms with Crippen LogP contribution >= 0.6 is 11.6 Å². The van der Waals surface area contributed by atoms with Crippen molar-refractivity contribution in [3.8, 4) is 11.5 Å². The third kappa shape index (κ3) is 3.35. The molecule has 1 aromatic carbocycles. The molecule has 1 heterocycles. The standard InChI is InChI=1S/C14H18ClNO4/c1-8(2)16-12(14(17)18)9-6-10(15)13-11(7-9)19-4-3-5-20-13/h6-8,12,16H,3-5H2,1-2H3,(H,17,18). The zero-order valence-corrected chi connectivity index (χ0v) is 12.2. The molecule has 0 fully saturated rings. The van der Waals surface area contributed by atoms with E-state index in [2.05, 4.69) is 5.32 Å². The van der Waals surface area contributed by atoms with E-state index in [1.807, 2.05) is 13.8 Å². The van der Waals surface area contributed by atoms with Crippen LogP contribution in [0.1, 0.15) is 31.9 Å². The molecule has 0 aliphatic carbocycles. The molecule has 0 radical (unpaired) electrons. The topological polar surface area (TPSA) is 67.8 Å². The first-order valence-corrected chi connectivity index (χ1v) is 6.94. The van der Waals surface area contributed by atoms with E-state index in [1.54, 1.807) is 12.1 Å². The molecule has 1 aliphatic heterocycles. The summed E-state index contributed by atoms with van der Waals surface area (Å²) in [4.78, 5) is 11.4. The van der Waals surface area contributed by atoms with Gasteiger partial charge in [0.25, 0.3) is 0 Å². The molecule has 1 unspecified atom stereocenters. The molecule has 1 atom stereocenters. The highest BCUT2D eigenvalue weighted by Crippen LogP contribution is 2.39. The van der Waals surface area contributed by atoms with Crippen LogP contribution < -0.4 is 14.8 Å². The fraction of sp³-hybridized carbons (Fsp3) is 0.500. The Hall–Kier alpha value is -1.46. The summed E-state index contributed by atoms with van der Waals surface area (Å²) in [6.07, 6.45) is 0.771. The molecule has 0 bridgehead atoms. The number of fused-ring (bicyclic) bond motifs is 1. The molecule has 20 heavy (non-hydrogen) atoms. The van der Waals surface area contributed by atoms with Gasteiger partial charge in [-0.25, -0.2) is 0 Å². The monoisotopic (exact) mass is 299 g/mol. The predicted molar refractivity (Wildman–Crippen MR) is 75.7 cm³/mol. The Morgan fingerprint density at radius 1 is 1.35 bits per heavy atom. The van der Waals surface area contributed by atoms with Crippen molar-refractivity contribution in [1.29, 1.82) is 0 Å². The first-order chi connectivity index (χ1) is 9.49. The van der Waals surface area contributed by atoms with E-state index in [1.165, 1.54) is 0 Å². The van der Waals surface area contributed by atoms with Crippen molar-refractivity contribution in [2.24, 2.45) is 0 Å². The molecule has 5 nitrogen and oxygen atoms in total. The van der Waals surface area contributed by atoms with Crippen molar-refractivity contribution in [2.75, 3.05) is 13.2 Å². The second-order valence-electron chi connectivity index (χ2n) is 4.97. The van der Waals surface area contributed by atoms with Crippen LogP contribution in [0.4, 0.5) is 0 Å². The molecule has 0 saturated heterocycles. The van der Waals surface area contributed by atoms with Gasteiger partial charge in [-0.05, 0) is 31.5 Å². The molecule has 1 aliphatic rings. The fourth-order valence-corrected chi connectivity index (χ4v) is 2.33. The summed E-state index contributed by atoms with van der Waals surface area (Å²) in [5, 5.41) is 12.7. The number of carboxylic acids is 1. The number of nitrogens with one attached hydrogen (secondary N) is 1. The van der Waals surface area contributed by atoms with Crippen LogP contribution in [-0.4, -0.2) is 30.3 Å². The molecule has 2 rings (SSSR count). The van der Waals surface area contributed by atoms with Crippen LogP contribution in [0.2, 0.25) is 5.02 Å². The highest BCUT2D eigenvalue weighted by atomic mass is 35.5. The van der Waals surface area contributed by atoms with E-state index in [0.717, 1.165) is 6.42 Å². The van der Waals surface area contributed by atoms with Crippen LogP contribution in [0, 0.1) is 0 Å². The zero-order chi connectivity index (χ0) is 14.7. The lowest BCUT2D eigenvalue weighted by Crippen LogP contribution is -2.33. The average Bonchev–Trinajstić information content (AvgIpc) is 2.60. The molecule has 0 spiro atoms. The Balaban J connectivity index is 2.38. The molecule has 1 aromatic rings. The maximum atomic E-state index is 11.4. The third-order valence-electron chi connectivity index (χ3n) is 2.90. The van der Waals surface area contributed by atoms with Gasteiger partial charge < -0.3 is 14.6 Å². The second-order valence-corrected chi connectivity index (χ2v) is 5.38. The Labute approximate surface area is 122 Å². The van der Waals surface area contributed by atoms with E-state index >= 15 is 0 Å². The second kappa shape index (κ2) is 6.33. The Morgan fingerprint density at radius 3 is 2.70 bits per heavy atom. The minimum atomic E-state index is -0.954. The van der Waals surface area contributed by atoms with Crippen molar-refractivity contribution < 1.29 is 19.4 Å². The van der Waals surface area contributed by atoms with E-state index < -0.39 is 12.0 Å². The lowest BCUT2D eigenvalue weighted by molar-refractivity contribution is -0.139. The lowest BCUT2D eigenvalue weighted by atomic mass is 10.1. The summed E-state index contributed by atoms with van der Waals surface area (Å²) in [5.74, 6) is 0.0349. The first-order valence-electron chi connectivity index (χ1n) is 6.57. The predicted octanol–water partition coefficient (Wildman–Crippen LogP) is 2.63. The van der Waals surface area contributed by atoms with Gasteiger partial charge in [0, 0.05) is 12.5 Å². The first kappa shape index (κ1) is 14.9. The number of hydrogen-bond acceptors (Lipinski definition) is 4. The quantitative estimate of drug-likeness (QED) is 0.894. The van der Waals surface area contributed by atoms with E-state index in [4.69, 9.17) is 21.1 Å². The average molecular weight is 300 g/mol. The maximum Gasteiger partial charge on any atom is 0.325 e. The molecular formula is C14H18ClNO4. The number of benzene rings is 1. The molecule has 0 amide bonds. The van der Waals surface area contributed by atoms with Crippen molar-refractivity contribution in [3.05, 3.63) is 22.7 Å². The molecule has 110 valence electrons. The zero-order valence-electron chi connectivity index (χ0n) is 11.5. The third-order valence-corrected chi connectivity index (χ3v) is 3.19. The largest absolute Gasteiger partial charge is 0.489 e. The SMILES string of the molecule is CC(C)NC(C(=O)O)c1cc(Cl)c2c(c1)OCCCO2. The van der Waals surface area contributed by atoms with Gasteiger partial charge in [-0.15, -0.1) is 0 Å². The number of aliphatic carboxylic acids is 1. The van der Waals surface area contributed by atoms with Crippen LogP contribution in [0.15, 0.2) is 12.1 Å². The van der Waals surface area contributed by atoms with Crippen LogP contribution in [0.3, 0.4) is 0 Å². The number of rotatable bonds is 4. The normalized spacial score (nSPS) is 15.8. The number of carbonyl (C=O) groups is 1. The van der Waals surface area contributed by atoms with Crippen molar-refractivity contribution in [3.63, 3.8) is 0 Å². The minimum absolute atomic E-state index is 0.0332. The summed E-state index contributed by atoms with van der Waals surface area (Å²) in [7, 11) is 0. The van der Waals surface area contributed by atoms with Gasteiger partial charge in [0.2, 0.25) is 0 Å². The maximum absolute atomic E-state index is 11.4. The molecule has 0 aromatic heterocycles. The number of halogens is 1. The Bertz CT molecular complexity index is 504. The summed E-state index contributed by atoms with van der Waals surface area (Å²) in [6, 6.07) is 2.50. The highest BCUT2D eigenvalue weighted by Gasteiger charge is 2.24. The summed E-state index contributed by atoms with van der Waals surface area (Å²) in [6.45, 7) is 4.85. The molecular weight excluding hydrogens is 282 g/mol. The van der Waals surface area contributed by atoms with Crippen molar-refractivity contribution >= 4 is 17.6 Å². The van der Waals surface area contributed by atoms with Gasteiger partial charge >= 0.3 is 5.97 Å². The van der Waals surface area contributed by atoms with E-state index in [0.29, 0.717) is 35.3 Å². The number of carboxylic acid groups (broad SMARTS) is 1. The van der Waals surface area contributed by atoms with Gasteiger partial charge in [0.1, 0.15) is 6.04 Å². The van der Waals surface area contributed by atoms with Crippen LogP contribution in [0.5, 0.6) is 11.5 Å². The van der Waals surface area contributed by atoms with Gasteiger partial charge in [0.05, 0.1) is 18.2 Å². The molecule has 2 N–H and O–H groups in total. The summed E-state index contributed by atoms with van der Waals surface area (Å²) < 4.78 is 11.1. The smallest absolute Gasteiger partial charge is 0.325 e. The number of hydrogen-bond donors (Lipinski definition) is 2. The van der Waals surface area contributed by atoms with Crippen molar-refractivity contribution in [2.45, 2.75) is 32.4 Å². The van der Waals surface area contributed by atoms with Gasteiger partial charge in [-0.1, -0.05) is 11.6 Å². The minimum Gasteiger partial charge on any atom is -0.489 e. The Morgan fingerprint density at radius 2 is 2.05 bits per heavy atom. The van der Waals surface area contributed by atoms with E-state index in [-0.39, 0.29) is 6.04 Å². The lowest BCUT2D eigenvalue weighted by Gasteiger charge is -2.19. The number of ether oxygens (including phenoxy) is 2. The van der Waals surface area contributed by atoms with Crippen LogP contribution in [-0.2, 0) is 4.79 Å². The fourth-order valence-electron chi connectivity index (χ4n) is 2.06. The molecule has 0 saturated carbocycles. The van der Waals surface area contributed by atoms with Crippen molar-refractivity contribution in [1.82, 2.24) is 5.32 Å². The van der Waals surface area contributed by atoms with Gasteiger partial charge in [0.15, 0.2) is 11.5 Å². The van der Waals surface area contributed by atoms with E-state index in [9.17, 15) is 9.90 Å². The molecule has 6 heteroatoms. The van der Waals surface area contributed by atoms with Gasteiger partial charge in [-0.3, -0.25) is 10.1 Å². The van der Waals surface area contributed by atoms with Crippen LogP contribution in [0.25, 0.3) is 0 Å². The van der Waals surface area contributed by atoms with Gasteiger partial charge in [-0.2, -0.15) is 0 Å². The summed E-state index contributed by atoms with van der Waals surface area (Å²) >= 11 is 6.18. The highest BCUT2D eigenvalue weighted by molar-refractivity contribution is 6.32.